The molecule has 0 aromatic heterocycles. The van der Waals surface area contributed by atoms with Crippen LogP contribution in [-0.2, 0) is 0 Å². The molecule has 1 aliphatic heterocycles. The third-order valence-corrected chi connectivity index (χ3v) is 4.39. The lowest BCUT2D eigenvalue weighted by Gasteiger charge is -2.30. The molecule has 110 valence electrons. The van der Waals surface area contributed by atoms with Crippen LogP contribution in [0.5, 0.6) is 5.75 Å². The van der Waals surface area contributed by atoms with Gasteiger partial charge in [-0.3, -0.25) is 15.1 Å². The quantitative estimate of drug-likeness (QED) is 0.484. The van der Waals surface area contributed by atoms with E-state index in [9.17, 15) is 4.79 Å². The van der Waals surface area contributed by atoms with E-state index in [0.29, 0.717) is 17.4 Å². The van der Waals surface area contributed by atoms with Gasteiger partial charge in [0.2, 0.25) is 0 Å². The van der Waals surface area contributed by atoms with Crippen molar-refractivity contribution in [2.24, 2.45) is 5.84 Å². The zero-order valence-electron chi connectivity index (χ0n) is 11.7. The molecule has 0 bridgehead atoms. The van der Waals surface area contributed by atoms with E-state index < -0.39 is 0 Å². The molecule has 2 rings (SSSR count). The van der Waals surface area contributed by atoms with Gasteiger partial charge in [-0.25, -0.2) is 5.84 Å². The van der Waals surface area contributed by atoms with Crippen LogP contribution in [-0.4, -0.2) is 48.1 Å². The van der Waals surface area contributed by atoms with Crippen LogP contribution in [0.15, 0.2) is 24.3 Å². The van der Waals surface area contributed by atoms with Crippen molar-refractivity contribution in [3.63, 3.8) is 0 Å². The summed E-state index contributed by atoms with van der Waals surface area (Å²) in [6.45, 7) is 6.13. The highest BCUT2D eigenvalue weighted by molar-refractivity contribution is 7.99. The number of rotatable bonds is 5. The molecule has 0 radical (unpaired) electrons. The smallest absolute Gasteiger partial charge is 0.265 e. The number of carbonyl (C=O) groups is 1. The molecule has 3 N–H and O–H groups in total. The third kappa shape index (κ3) is 4.40. The van der Waals surface area contributed by atoms with Crippen LogP contribution in [0.1, 0.15) is 17.3 Å². The summed E-state index contributed by atoms with van der Waals surface area (Å²) in [4.78, 5) is 13.7. The first-order valence-corrected chi connectivity index (χ1v) is 7.81. The van der Waals surface area contributed by atoms with Crippen LogP contribution in [0.4, 0.5) is 0 Å². The number of nitrogens with zero attached hydrogens (tertiary/aromatic N) is 1. The predicted octanol–water partition coefficient (Wildman–Crippen LogP) is 1.11. The number of nitrogens with one attached hydrogen (secondary N) is 1. The minimum Gasteiger partial charge on any atom is -0.492 e. The number of amides is 1. The number of hydrogen-bond donors (Lipinski definition) is 2. The first-order chi connectivity index (χ1) is 9.69. The number of benzene rings is 1. The van der Waals surface area contributed by atoms with Crippen molar-refractivity contribution in [3.05, 3.63) is 29.8 Å². The van der Waals surface area contributed by atoms with Crippen LogP contribution in [0, 0.1) is 0 Å². The van der Waals surface area contributed by atoms with Gasteiger partial charge in [0, 0.05) is 36.2 Å². The second-order valence-corrected chi connectivity index (χ2v) is 6.37. The monoisotopic (exact) mass is 295 g/mol. The lowest BCUT2D eigenvalue weighted by molar-refractivity contribution is 0.0953. The van der Waals surface area contributed by atoms with Gasteiger partial charge in [-0.15, -0.1) is 0 Å². The Bertz CT molecular complexity index is 439. The molecule has 6 heteroatoms. The Balaban J connectivity index is 1.75. The molecule has 1 atom stereocenters. The second-order valence-electron chi connectivity index (χ2n) is 4.83. The number of nitrogens with two attached hydrogens (primary N) is 1. The summed E-state index contributed by atoms with van der Waals surface area (Å²) in [5, 5.41) is 0.706. The topological polar surface area (TPSA) is 67.6 Å². The fourth-order valence-corrected chi connectivity index (χ4v) is 3.25. The van der Waals surface area contributed by atoms with Crippen LogP contribution >= 0.6 is 11.8 Å². The fourth-order valence-electron chi connectivity index (χ4n) is 2.17. The summed E-state index contributed by atoms with van der Waals surface area (Å²) >= 11 is 2.03. The molecular weight excluding hydrogens is 274 g/mol. The number of hydrazine groups is 1. The van der Waals surface area contributed by atoms with E-state index in [1.54, 1.807) is 24.3 Å². The molecule has 1 aliphatic rings. The Morgan fingerprint density at radius 3 is 2.90 bits per heavy atom. The Morgan fingerprint density at radius 2 is 2.25 bits per heavy atom. The minimum absolute atomic E-state index is 0.295. The van der Waals surface area contributed by atoms with E-state index in [2.05, 4.69) is 17.2 Å². The van der Waals surface area contributed by atoms with Gasteiger partial charge >= 0.3 is 0 Å². The van der Waals surface area contributed by atoms with E-state index in [4.69, 9.17) is 10.6 Å². The van der Waals surface area contributed by atoms with Crippen molar-refractivity contribution >= 4 is 17.7 Å². The summed E-state index contributed by atoms with van der Waals surface area (Å²) in [5.41, 5.74) is 2.63. The first kappa shape index (κ1) is 15.2. The summed E-state index contributed by atoms with van der Waals surface area (Å²) in [7, 11) is 0. The van der Waals surface area contributed by atoms with Gasteiger partial charge in [-0.05, 0) is 24.3 Å². The van der Waals surface area contributed by atoms with Gasteiger partial charge in [-0.1, -0.05) is 6.92 Å². The summed E-state index contributed by atoms with van der Waals surface area (Å²) in [5.74, 6) is 6.76. The highest BCUT2D eigenvalue weighted by Gasteiger charge is 2.16. The van der Waals surface area contributed by atoms with Crippen molar-refractivity contribution in [1.82, 2.24) is 10.3 Å². The van der Waals surface area contributed by atoms with E-state index >= 15 is 0 Å². The van der Waals surface area contributed by atoms with Gasteiger partial charge in [0.1, 0.15) is 12.4 Å². The van der Waals surface area contributed by atoms with Gasteiger partial charge < -0.3 is 4.74 Å². The summed E-state index contributed by atoms with van der Waals surface area (Å²) in [6.07, 6.45) is 0. The Kier molecular flexibility index (Phi) is 5.70. The number of hydrogen-bond acceptors (Lipinski definition) is 5. The van der Waals surface area contributed by atoms with Crippen molar-refractivity contribution in [1.29, 1.82) is 0 Å². The Hall–Kier alpha value is -1.24. The average molecular weight is 295 g/mol. The van der Waals surface area contributed by atoms with Crippen LogP contribution in [0.2, 0.25) is 0 Å². The first-order valence-electron chi connectivity index (χ1n) is 6.77. The second kappa shape index (κ2) is 7.52. The molecule has 1 aromatic rings. The standard InChI is InChI=1S/C14H21N3O2S/c1-11-10-17(7-9-20-11)6-8-19-13-4-2-12(3-5-13)14(18)16-15/h2-5,11H,6-10,15H2,1H3,(H,16,18). The lowest BCUT2D eigenvalue weighted by Crippen LogP contribution is -2.39. The van der Waals surface area contributed by atoms with Crippen molar-refractivity contribution in [2.75, 3.05) is 32.0 Å². The maximum atomic E-state index is 11.3. The average Bonchev–Trinajstić information content (AvgIpc) is 2.47. The number of carbonyl (C=O) groups excluding carboxylic acids is 1. The maximum Gasteiger partial charge on any atom is 0.265 e. The normalized spacial score (nSPS) is 19.6. The fraction of sp³-hybridized carbons (Fsp3) is 0.500. The van der Waals surface area contributed by atoms with Gasteiger partial charge in [-0.2, -0.15) is 11.8 Å². The molecule has 1 saturated heterocycles. The minimum atomic E-state index is -0.295. The molecule has 0 aliphatic carbocycles. The van der Waals surface area contributed by atoms with Gasteiger partial charge in [0.05, 0.1) is 0 Å². The van der Waals surface area contributed by atoms with Crippen molar-refractivity contribution < 1.29 is 9.53 Å². The number of thioether (sulfide) groups is 1. The summed E-state index contributed by atoms with van der Waals surface area (Å²) in [6, 6.07) is 6.99. The molecule has 1 aromatic carbocycles. The predicted molar refractivity (Wildman–Crippen MR) is 82.0 cm³/mol. The largest absolute Gasteiger partial charge is 0.492 e. The van der Waals surface area contributed by atoms with E-state index in [1.165, 1.54) is 5.75 Å². The molecule has 20 heavy (non-hydrogen) atoms. The zero-order chi connectivity index (χ0) is 14.4. The van der Waals surface area contributed by atoms with Crippen LogP contribution < -0.4 is 16.0 Å². The summed E-state index contributed by atoms with van der Waals surface area (Å²) < 4.78 is 5.70. The molecule has 1 amide bonds. The van der Waals surface area contributed by atoms with Gasteiger partial charge in [0.15, 0.2) is 0 Å². The molecule has 5 nitrogen and oxygen atoms in total. The molecule has 1 unspecified atom stereocenters. The SMILES string of the molecule is CC1CN(CCOc2ccc(C(=O)NN)cc2)CCS1. The van der Waals surface area contributed by atoms with E-state index in [-0.39, 0.29) is 5.91 Å². The van der Waals surface area contributed by atoms with E-state index in [0.717, 1.165) is 25.4 Å². The Labute approximate surface area is 123 Å². The van der Waals surface area contributed by atoms with Gasteiger partial charge in [0.25, 0.3) is 5.91 Å². The number of nitrogen functional groups attached to an aromatic ring is 1. The van der Waals surface area contributed by atoms with E-state index in [1.807, 2.05) is 11.8 Å². The van der Waals surface area contributed by atoms with Crippen LogP contribution in [0.25, 0.3) is 0 Å². The van der Waals surface area contributed by atoms with Crippen molar-refractivity contribution in [2.45, 2.75) is 12.2 Å². The molecule has 1 heterocycles. The highest BCUT2D eigenvalue weighted by Crippen LogP contribution is 2.17. The number of ether oxygens (including phenoxy) is 1. The maximum absolute atomic E-state index is 11.3. The zero-order valence-corrected chi connectivity index (χ0v) is 12.5. The molecule has 1 fully saturated rings. The van der Waals surface area contributed by atoms with Crippen molar-refractivity contribution in [3.8, 4) is 5.75 Å². The Morgan fingerprint density at radius 1 is 1.50 bits per heavy atom. The highest BCUT2D eigenvalue weighted by atomic mass is 32.2. The third-order valence-electron chi connectivity index (χ3n) is 3.25. The molecule has 0 saturated carbocycles. The molecular formula is C14H21N3O2S. The van der Waals surface area contributed by atoms with Crippen LogP contribution in [0.3, 0.4) is 0 Å². The molecule has 0 spiro atoms. The lowest BCUT2D eigenvalue weighted by atomic mass is 10.2.